The van der Waals surface area contributed by atoms with E-state index in [1.54, 1.807) is 6.07 Å². The fourth-order valence-corrected chi connectivity index (χ4v) is 2.55. The van der Waals surface area contributed by atoms with E-state index in [0.717, 1.165) is 11.4 Å². The van der Waals surface area contributed by atoms with Crippen molar-refractivity contribution in [3.05, 3.63) is 29.0 Å². The molecule has 106 valence electrons. The van der Waals surface area contributed by atoms with Gasteiger partial charge in [-0.25, -0.2) is 0 Å². The van der Waals surface area contributed by atoms with E-state index in [1.807, 2.05) is 0 Å². The van der Waals surface area contributed by atoms with Crippen LogP contribution in [0.1, 0.15) is 29.2 Å². The molecule has 2 aromatic heterocycles. The second kappa shape index (κ2) is 6.40. The van der Waals surface area contributed by atoms with E-state index in [9.17, 15) is 4.79 Å². The summed E-state index contributed by atoms with van der Waals surface area (Å²) in [7, 11) is 0. The summed E-state index contributed by atoms with van der Waals surface area (Å²) in [5, 5.41) is 12.1. The Balaban J connectivity index is 2.09. The maximum Gasteiger partial charge on any atom is 0.259 e. The lowest BCUT2D eigenvalue weighted by Crippen LogP contribution is -2.17. The van der Waals surface area contributed by atoms with Crippen LogP contribution in [0.2, 0.25) is 0 Å². The third-order valence-corrected chi connectivity index (χ3v) is 3.35. The lowest BCUT2D eigenvalue weighted by molar-refractivity contribution is 0.102. The Morgan fingerprint density at radius 1 is 1.45 bits per heavy atom. The monoisotopic (exact) mass is 292 g/mol. The van der Waals surface area contributed by atoms with Crippen LogP contribution in [0.15, 0.2) is 18.5 Å². The Labute approximate surface area is 120 Å². The summed E-state index contributed by atoms with van der Waals surface area (Å²) in [6, 6.07) is 1.58. The van der Waals surface area contributed by atoms with Gasteiger partial charge in [0, 0.05) is 12.6 Å². The van der Waals surface area contributed by atoms with Crippen molar-refractivity contribution < 1.29 is 4.79 Å². The third-order valence-electron chi connectivity index (χ3n) is 2.49. The Morgan fingerprint density at radius 2 is 2.25 bits per heavy atom. The second-order valence-corrected chi connectivity index (χ2v) is 5.68. The van der Waals surface area contributed by atoms with Gasteiger partial charge in [0.1, 0.15) is 5.01 Å². The molecule has 8 heteroatoms. The fourth-order valence-electron chi connectivity index (χ4n) is 1.61. The third kappa shape index (κ3) is 3.49. The van der Waals surface area contributed by atoms with Gasteiger partial charge < -0.3 is 5.43 Å². The average molecular weight is 292 g/mol. The quantitative estimate of drug-likeness (QED) is 0.572. The number of pyridine rings is 1. The molecule has 0 saturated heterocycles. The van der Waals surface area contributed by atoms with Crippen LogP contribution in [0, 0.1) is 5.92 Å². The predicted octanol–water partition coefficient (Wildman–Crippen LogP) is 1.67. The molecule has 0 unspecified atom stereocenters. The minimum absolute atomic E-state index is 0.299. The number of nitrogens with zero attached hydrogens (tertiary/aromatic N) is 3. The van der Waals surface area contributed by atoms with E-state index in [0.29, 0.717) is 22.3 Å². The highest BCUT2D eigenvalue weighted by molar-refractivity contribution is 7.15. The summed E-state index contributed by atoms with van der Waals surface area (Å²) in [6.45, 7) is 4.21. The van der Waals surface area contributed by atoms with Crippen LogP contribution in [-0.2, 0) is 6.42 Å². The van der Waals surface area contributed by atoms with E-state index in [4.69, 9.17) is 5.84 Å². The Kier molecular flexibility index (Phi) is 4.59. The molecule has 0 radical (unpaired) electrons. The van der Waals surface area contributed by atoms with Crippen molar-refractivity contribution in [1.29, 1.82) is 0 Å². The predicted molar refractivity (Wildman–Crippen MR) is 78.5 cm³/mol. The summed E-state index contributed by atoms with van der Waals surface area (Å²) < 4.78 is 0. The summed E-state index contributed by atoms with van der Waals surface area (Å²) >= 11 is 1.38. The molecule has 0 spiro atoms. The average Bonchev–Trinajstić information content (AvgIpc) is 2.85. The first-order valence-corrected chi connectivity index (χ1v) is 6.96. The molecule has 20 heavy (non-hydrogen) atoms. The first kappa shape index (κ1) is 14.4. The smallest absolute Gasteiger partial charge is 0.259 e. The molecule has 2 rings (SSSR count). The van der Waals surface area contributed by atoms with Gasteiger partial charge in [-0.1, -0.05) is 25.2 Å². The van der Waals surface area contributed by atoms with E-state index in [-0.39, 0.29) is 5.91 Å². The number of amides is 1. The van der Waals surface area contributed by atoms with E-state index in [1.165, 1.54) is 23.7 Å². The molecular formula is C12H16N6OS. The number of hydrazine groups is 1. The highest BCUT2D eigenvalue weighted by Gasteiger charge is 2.14. The van der Waals surface area contributed by atoms with E-state index >= 15 is 0 Å². The van der Waals surface area contributed by atoms with E-state index in [2.05, 4.69) is 39.8 Å². The molecule has 0 aliphatic heterocycles. The maximum absolute atomic E-state index is 12.1. The zero-order valence-electron chi connectivity index (χ0n) is 11.3. The minimum Gasteiger partial charge on any atom is -0.322 e. The SMILES string of the molecule is CC(C)Cc1nnc(NC(=O)c2ccncc2NN)s1. The molecule has 7 nitrogen and oxygen atoms in total. The van der Waals surface area contributed by atoms with Crippen molar-refractivity contribution in [3.8, 4) is 0 Å². The van der Waals surface area contributed by atoms with Gasteiger partial charge in [-0.15, -0.1) is 10.2 Å². The number of aromatic nitrogens is 3. The van der Waals surface area contributed by atoms with Gasteiger partial charge in [-0.3, -0.25) is 20.9 Å². The van der Waals surface area contributed by atoms with Crippen LogP contribution >= 0.6 is 11.3 Å². The zero-order valence-corrected chi connectivity index (χ0v) is 12.1. The molecule has 0 aromatic carbocycles. The first-order chi connectivity index (χ1) is 9.60. The standard InChI is InChI=1S/C12H16N6OS/c1-7(2)5-10-17-18-12(20-10)15-11(19)8-3-4-14-6-9(8)16-13/h3-4,6-7,16H,5,13H2,1-2H3,(H,15,18,19). The van der Waals surface area contributed by atoms with Gasteiger partial charge in [0.25, 0.3) is 5.91 Å². The first-order valence-electron chi connectivity index (χ1n) is 6.14. The molecule has 4 N–H and O–H groups in total. The summed E-state index contributed by atoms with van der Waals surface area (Å²) in [6.07, 6.45) is 3.86. The fraction of sp³-hybridized carbons (Fsp3) is 0.333. The van der Waals surface area contributed by atoms with Gasteiger partial charge in [-0.05, 0) is 12.0 Å². The van der Waals surface area contributed by atoms with Crippen molar-refractivity contribution >= 4 is 28.1 Å². The molecule has 0 saturated carbocycles. The second-order valence-electron chi connectivity index (χ2n) is 4.62. The minimum atomic E-state index is -0.299. The Morgan fingerprint density at radius 3 is 2.95 bits per heavy atom. The Bertz CT molecular complexity index is 597. The number of nitrogen functional groups attached to an aromatic ring is 1. The number of hydrogen-bond acceptors (Lipinski definition) is 7. The van der Waals surface area contributed by atoms with Gasteiger partial charge in [0.2, 0.25) is 5.13 Å². The number of carbonyl (C=O) groups is 1. The van der Waals surface area contributed by atoms with Crippen molar-refractivity contribution in [2.24, 2.45) is 11.8 Å². The molecule has 2 heterocycles. The van der Waals surface area contributed by atoms with Crippen LogP contribution in [0.4, 0.5) is 10.8 Å². The Hall–Kier alpha value is -2.06. The van der Waals surface area contributed by atoms with Crippen molar-refractivity contribution in [1.82, 2.24) is 15.2 Å². The van der Waals surface area contributed by atoms with Crippen LogP contribution < -0.4 is 16.6 Å². The van der Waals surface area contributed by atoms with Crippen molar-refractivity contribution in [2.75, 3.05) is 10.7 Å². The molecule has 0 aliphatic rings. The summed E-state index contributed by atoms with van der Waals surface area (Å²) in [5.41, 5.74) is 3.30. The van der Waals surface area contributed by atoms with Crippen LogP contribution in [0.5, 0.6) is 0 Å². The topological polar surface area (TPSA) is 106 Å². The number of nitrogens with two attached hydrogens (primary N) is 1. The molecule has 2 aromatic rings. The molecule has 1 amide bonds. The lowest BCUT2D eigenvalue weighted by Gasteiger charge is -2.06. The number of nitrogens with one attached hydrogen (secondary N) is 2. The molecule has 0 atom stereocenters. The van der Waals surface area contributed by atoms with Crippen molar-refractivity contribution in [3.63, 3.8) is 0 Å². The summed E-state index contributed by atoms with van der Waals surface area (Å²) in [4.78, 5) is 16.0. The van der Waals surface area contributed by atoms with Crippen LogP contribution in [0.3, 0.4) is 0 Å². The normalized spacial score (nSPS) is 10.6. The molecule has 0 aliphatic carbocycles. The largest absolute Gasteiger partial charge is 0.322 e. The lowest BCUT2D eigenvalue weighted by atomic mass is 10.1. The highest BCUT2D eigenvalue weighted by Crippen LogP contribution is 2.20. The van der Waals surface area contributed by atoms with Gasteiger partial charge in [0.05, 0.1) is 17.4 Å². The number of anilines is 2. The number of hydrogen-bond donors (Lipinski definition) is 3. The zero-order chi connectivity index (χ0) is 14.5. The van der Waals surface area contributed by atoms with Crippen molar-refractivity contribution in [2.45, 2.75) is 20.3 Å². The maximum atomic E-state index is 12.1. The van der Waals surface area contributed by atoms with Gasteiger partial charge in [-0.2, -0.15) is 0 Å². The van der Waals surface area contributed by atoms with E-state index < -0.39 is 0 Å². The number of rotatable bonds is 5. The molecular weight excluding hydrogens is 276 g/mol. The summed E-state index contributed by atoms with van der Waals surface area (Å²) in [5.74, 6) is 5.55. The van der Waals surface area contributed by atoms with Gasteiger partial charge in [0.15, 0.2) is 0 Å². The highest BCUT2D eigenvalue weighted by atomic mass is 32.1. The number of carbonyl (C=O) groups excluding carboxylic acids is 1. The van der Waals surface area contributed by atoms with Crippen LogP contribution in [0.25, 0.3) is 0 Å². The molecule has 0 bridgehead atoms. The van der Waals surface area contributed by atoms with Gasteiger partial charge >= 0.3 is 0 Å². The molecule has 0 fully saturated rings. The van der Waals surface area contributed by atoms with Crippen LogP contribution in [-0.4, -0.2) is 21.1 Å².